The number of carbonyl (C=O) groups is 6. The first kappa shape index (κ1) is 38.5. The van der Waals surface area contributed by atoms with Crippen molar-refractivity contribution in [3.8, 4) is 0 Å². The number of carboxylic acids is 6. The summed E-state index contributed by atoms with van der Waals surface area (Å²) < 4.78 is 0. The van der Waals surface area contributed by atoms with E-state index in [2.05, 4.69) is 0 Å². The van der Waals surface area contributed by atoms with E-state index >= 15 is 0 Å². The van der Waals surface area contributed by atoms with Gasteiger partial charge in [0, 0.05) is 65.4 Å². The first-order chi connectivity index (χ1) is 12.1. The predicted octanol–water partition coefficient (Wildman–Crippen LogP) is -3.29. The van der Waals surface area contributed by atoms with Crippen LogP contribution >= 0.6 is 0 Å². The van der Waals surface area contributed by atoms with E-state index in [1.807, 2.05) is 0 Å². The minimum absolute atomic E-state index is 0. The van der Waals surface area contributed by atoms with Gasteiger partial charge in [0.2, 0.25) is 0 Å². The second-order valence-corrected chi connectivity index (χ2v) is 4.36. The maximum Gasteiger partial charge on any atom is 0.333 e. The molecule has 0 amide bonds. The molecule has 0 aromatic rings. The van der Waals surface area contributed by atoms with Crippen molar-refractivity contribution in [2.24, 2.45) is 0 Å². The second-order valence-electron chi connectivity index (χ2n) is 4.36. The van der Waals surface area contributed by atoms with E-state index < -0.39 is 73.4 Å². The summed E-state index contributed by atoms with van der Waals surface area (Å²) in [7, 11) is 0. The van der Waals surface area contributed by atoms with Crippen molar-refractivity contribution in [3.05, 3.63) is 0 Å². The minimum Gasteiger partial charge on any atom is -0.481 e. The van der Waals surface area contributed by atoms with Gasteiger partial charge in [0.1, 0.15) is 0 Å². The molecule has 0 rings (SSSR count). The van der Waals surface area contributed by atoms with Crippen molar-refractivity contribution < 1.29 is 140 Å². The van der Waals surface area contributed by atoms with Crippen molar-refractivity contribution >= 4 is 35.8 Å². The van der Waals surface area contributed by atoms with Crippen LogP contribution in [0.3, 0.4) is 0 Å². The molecule has 3 atom stereocenters. The summed E-state index contributed by atoms with van der Waals surface area (Å²) in [5, 5.41) is 72.4. The molecule has 0 heterocycles. The summed E-state index contributed by atoms with van der Waals surface area (Å²) in [4.78, 5) is 58.2. The summed E-state index contributed by atoms with van der Waals surface area (Å²) in [5.41, 5.74) is 0. The van der Waals surface area contributed by atoms with Gasteiger partial charge >= 0.3 is 35.8 Å². The van der Waals surface area contributed by atoms with Crippen LogP contribution < -0.4 is 0 Å². The molecule has 162 valence electrons. The average Bonchev–Trinajstić information content (AvgIpc) is 2.46. The maximum absolute atomic E-state index is 9.72. The fraction of sp³-hybridized carbons (Fsp3) is 0.500. The smallest absolute Gasteiger partial charge is 0.333 e. The molecule has 9 N–H and O–H groups in total. The summed E-state index contributed by atoms with van der Waals surface area (Å²) >= 11 is 0. The van der Waals surface area contributed by atoms with Crippen LogP contribution in [-0.4, -0.2) is 100 Å². The number of rotatable bonds is 9. The first-order valence-corrected chi connectivity index (χ1v) is 6.49. The third-order valence-corrected chi connectivity index (χ3v) is 1.96. The van der Waals surface area contributed by atoms with Gasteiger partial charge in [0.15, 0.2) is 18.3 Å². The monoisotopic (exact) mass is 580 g/mol. The van der Waals surface area contributed by atoms with Crippen LogP contribution in [0.2, 0.25) is 0 Å². The van der Waals surface area contributed by atoms with E-state index in [4.69, 9.17) is 46.0 Å². The number of carboxylic acid groups (broad SMARTS) is 6. The molecule has 0 aromatic heterocycles. The van der Waals surface area contributed by atoms with Crippen molar-refractivity contribution in [2.45, 2.75) is 37.6 Å². The Morgan fingerprint density at radius 3 is 0.621 bits per heavy atom. The summed E-state index contributed by atoms with van der Waals surface area (Å²) in [5.74, 6) is -8.54. The van der Waals surface area contributed by atoms with Gasteiger partial charge in [-0.2, -0.15) is 0 Å². The zero-order chi connectivity index (χ0) is 22.3. The van der Waals surface area contributed by atoms with E-state index in [0.29, 0.717) is 0 Å². The van der Waals surface area contributed by atoms with Crippen molar-refractivity contribution in [3.63, 3.8) is 0 Å². The summed E-state index contributed by atoms with van der Waals surface area (Å²) in [6.07, 6.45) is -7.63. The zero-order valence-electron chi connectivity index (χ0n) is 14.5. The van der Waals surface area contributed by atoms with Crippen molar-refractivity contribution in [1.82, 2.24) is 0 Å². The molecule has 0 spiro atoms. The maximum atomic E-state index is 9.72. The molecule has 29 heavy (non-hydrogen) atoms. The van der Waals surface area contributed by atoms with E-state index in [0.717, 1.165) is 0 Å². The number of aliphatic carboxylic acids is 6. The minimum atomic E-state index is -1.79. The van der Waals surface area contributed by atoms with Crippen LogP contribution in [-0.2, 0) is 94.2 Å². The Morgan fingerprint density at radius 1 is 0.448 bits per heavy atom. The van der Waals surface area contributed by atoms with Gasteiger partial charge in [0.05, 0.1) is 19.3 Å². The zero-order valence-corrected chi connectivity index (χ0v) is 20.2. The molecule has 0 aliphatic rings. The Labute approximate surface area is 212 Å². The molecule has 0 bridgehead atoms. The molecular formula is C12H18O15Y2. The second kappa shape index (κ2) is 21.6. The quantitative estimate of drug-likeness (QED) is 0.129. The predicted molar refractivity (Wildman–Crippen MR) is 77.7 cm³/mol. The van der Waals surface area contributed by atoms with Gasteiger partial charge < -0.3 is 46.0 Å². The Bertz CT molecular complexity index is 473. The number of aliphatic hydroxyl groups excluding tert-OH is 3. The number of hydrogen-bond acceptors (Lipinski definition) is 9. The van der Waals surface area contributed by atoms with Gasteiger partial charge in [-0.25, -0.2) is 14.4 Å². The fourth-order valence-corrected chi connectivity index (χ4v) is 0.758. The van der Waals surface area contributed by atoms with E-state index in [1.165, 1.54) is 0 Å². The van der Waals surface area contributed by atoms with Crippen molar-refractivity contribution in [1.29, 1.82) is 0 Å². The fourth-order valence-electron chi connectivity index (χ4n) is 0.758. The molecule has 0 aliphatic heterocycles. The van der Waals surface area contributed by atoms with Crippen LogP contribution in [0.1, 0.15) is 19.3 Å². The van der Waals surface area contributed by atoms with Gasteiger partial charge in [-0.1, -0.05) is 0 Å². The SMILES string of the molecule is O=C(O)CC(O)C(=O)O.O=C(O)CC(O)C(=O)O.O=C(O)CC(O)C(=O)O.[Y].[Y]. The standard InChI is InChI=1S/3C4H6O5.2Y/c3*5-2(4(8)9)1-3(6)7;;/h3*2,5H,1H2,(H,6,7)(H,8,9);;. The average molecular weight is 580 g/mol. The molecule has 0 saturated carbocycles. The Morgan fingerprint density at radius 2 is 0.586 bits per heavy atom. The van der Waals surface area contributed by atoms with Crippen LogP contribution in [0.15, 0.2) is 0 Å². The van der Waals surface area contributed by atoms with Crippen LogP contribution in [0.25, 0.3) is 0 Å². The van der Waals surface area contributed by atoms with Crippen molar-refractivity contribution in [2.75, 3.05) is 0 Å². The van der Waals surface area contributed by atoms with Gasteiger partial charge in [-0.15, -0.1) is 0 Å². The molecular weight excluding hydrogens is 562 g/mol. The summed E-state index contributed by atoms with van der Waals surface area (Å²) in [6, 6.07) is 0. The van der Waals surface area contributed by atoms with E-state index in [-0.39, 0.29) is 65.4 Å². The first-order valence-electron chi connectivity index (χ1n) is 6.49. The van der Waals surface area contributed by atoms with E-state index in [1.54, 1.807) is 0 Å². The Balaban J connectivity index is -0.0000000960. The third-order valence-electron chi connectivity index (χ3n) is 1.96. The molecule has 17 heteroatoms. The third kappa shape index (κ3) is 31.8. The Hall–Kier alpha value is -1.09. The molecule has 2 radical (unpaired) electrons. The van der Waals surface area contributed by atoms with Gasteiger partial charge in [-0.05, 0) is 0 Å². The van der Waals surface area contributed by atoms with E-state index in [9.17, 15) is 28.8 Å². The largest absolute Gasteiger partial charge is 0.481 e. The molecule has 0 fully saturated rings. The van der Waals surface area contributed by atoms with Crippen LogP contribution in [0.4, 0.5) is 0 Å². The Kier molecular flexibility index (Phi) is 28.7. The van der Waals surface area contributed by atoms with Gasteiger partial charge in [0.25, 0.3) is 0 Å². The number of aliphatic hydroxyl groups is 3. The number of hydrogen-bond donors (Lipinski definition) is 9. The molecule has 0 aliphatic carbocycles. The van der Waals surface area contributed by atoms with Crippen LogP contribution in [0, 0.1) is 0 Å². The summed E-state index contributed by atoms with van der Waals surface area (Å²) in [6.45, 7) is 0. The van der Waals surface area contributed by atoms with Gasteiger partial charge in [-0.3, -0.25) is 14.4 Å². The molecule has 15 nitrogen and oxygen atoms in total. The molecule has 3 unspecified atom stereocenters. The molecule has 0 aromatic carbocycles. The van der Waals surface area contributed by atoms with Crippen LogP contribution in [0.5, 0.6) is 0 Å². The topological polar surface area (TPSA) is 284 Å². The normalized spacial score (nSPS) is 11.7. The molecule has 0 saturated heterocycles.